The molecular formula is C38H38O4S2. The Morgan fingerprint density at radius 2 is 1.23 bits per heavy atom. The van der Waals surface area contributed by atoms with Crippen LogP contribution in [-0.4, -0.2) is 17.5 Å². The van der Waals surface area contributed by atoms with Gasteiger partial charge in [0.25, 0.3) is 0 Å². The minimum Gasteiger partial charge on any atom is -0.426 e. The number of benzene rings is 4. The predicted octanol–water partition coefficient (Wildman–Crippen LogP) is 10.4. The molecule has 44 heavy (non-hydrogen) atoms. The topological polar surface area (TPSA) is 60.4 Å². The maximum absolute atomic E-state index is 13.9. The quantitative estimate of drug-likeness (QED) is 0.0784. The maximum atomic E-state index is 13.9. The lowest BCUT2D eigenvalue weighted by molar-refractivity contribution is -0.139. The van der Waals surface area contributed by atoms with E-state index >= 15 is 0 Å². The summed E-state index contributed by atoms with van der Waals surface area (Å²) in [5, 5.41) is 0. The van der Waals surface area contributed by atoms with E-state index in [0.717, 1.165) is 51.7 Å². The van der Waals surface area contributed by atoms with Crippen molar-refractivity contribution in [2.45, 2.75) is 85.3 Å². The van der Waals surface area contributed by atoms with Gasteiger partial charge in [0.15, 0.2) is 11.6 Å². The van der Waals surface area contributed by atoms with Crippen molar-refractivity contribution in [2.75, 3.05) is 0 Å². The van der Waals surface area contributed by atoms with E-state index in [1.807, 2.05) is 43.3 Å². The van der Waals surface area contributed by atoms with Crippen molar-refractivity contribution in [3.63, 3.8) is 0 Å². The normalized spacial score (nSPS) is 13.0. The van der Waals surface area contributed by atoms with Gasteiger partial charge < -0.3 is 4.74 Å². The molecule has 0 heterocycles. The SMILES string of the molecule is CCCCCC(CC)C(=O)Oc1ccc(Sc2cccc3c2C(=O)c2cccc(Sc4ccc(C(C)C)cc4)c2C3=O)cc1. The Labute approximate surface area is 269 Å². The molecule has 0 fully saturated rings. The van der Waals surface area contributed by atoms with E-state index < -0.39 is 0 Å². The van der Waals surface area contributed by atoms with Gasteiger partial charge in [-0.25, -0.2) is 0 Å². The number of carbonyl (C=O) groups excluding carboxylic acids is 3. The summed E-state index contributed by atoms with van der Waals surface area (Å²) >= 11 is 2.94. The van der Waals surface area contributed by atoms with E-state index in [1.165, 1.54) is 29.1 Å². The average molecular weight is 623 g/mol. The number of fused-ring (bicyclic) bond motifs is 2. The Balaban J connectivity index is 1.34. The molecule has 226 valence electrons. The van der Waals surface area contributed by atoms with Crippen molar-refractivity contribution in [3.05, 3.63) is 113 Å². The fourth-order valence-electron chi connectivity index (χ4n) is 5.43. The van der Waals surface area contributed by atoms with Crippen LogP contribution in [0.3, 0.4) is 0 Å². The second-order valence-corrected chi connectivity index (χ2v) is 13.7. The third-order valence-corrected chi connectivity index (χ3v) is 10.2. The van der Waals surface area contributed by atoms with Crippen molar-refractivity contribution < 1.29 is 19.1 Å². The van der Waals surface area contributed by atoms with Crippen LogP contribution in [0, 0.1) is 5.92 Å². The first-order valence-electron chi connectivity index (χ1n) is 15.4. The first-order chi connectivity index (χ1) is 21.3. The predicted molar refractivity (Wildman–Crippen MR) is 179 cm³/mol. The van der Waals surface area contributed by atoms with Gasteiger partial charge in [-0.1, -0.05) is 107 Å². The van der Waals surface area contributed by atoms with Crippen molar-refractivity contribution in [1.29, 1.82) is 0 Å². The third kappa shape index (κ3) is 7.03. The summed E-state index contributed by atoms with van der Waals surface area (Å²) in [6, 6.07) is 26.7. The van der Waals surface area contributed by atoms with Gasteiger partial charge in [-0.3, -0.25) is 14.4 Å². The molecule has 0 saturated carbocycles. The molecule has 0 spiro atoms. The molecule has 0 bridgehead atoms. The summed E-state index contributed by atoms with van der Waals surface area (Å²) in [7, 11) is 0. The van der Waals surface area contributed by atoms with Gasteiger partial charge in [0.05, 0.1) is 5.92 Å². The average Bonchev–Trinajstić information content (AvgIpc) is 3.03. The molecule has 0 amide bonds. The zero-order chi connectivity index (χ0) is 31.2. The van der Waals surface area contributed by atoms with Crippen LogP contribution in [0.15, 0.2) is 105 Å². The molecule has 1 aliphatic rings. The first kappa shape index (κ1) is 31.8. The molecule has 4 aromatic carbocycles. The molecule has 1 atom stereocenters. The lowest BCUT2D eigenvalue weighted by atomic mass is 9.84. The highest BCUT2D eigenvalue weighted by molar-refractivity contribution is 7.99. The van der Waals surface area contributed by atoms with Crippen molar-refractivity contribution >= 4 is 41.1 Å². The number of carbonyl (C=O) groups is 3. The minimum atomic E-state index is -0.186. The Hall–Kier alpha value is -3.61. The van der Waals surface area contributed by atoms with Gasteiger partial charge in [0.2, 0.25) is 0 Å². The smallest absolute Gasteiger partial charge is 0.314 e. The fourth-order valence-corrected chi connectivity index (χ4v) is 7.38. The zero-order valence-electron chi connectivity index (χ0n) is 25.7. The molecule has 0 aliphatic heterocycles. The van der Waals surface area contributed by atoms with E-state index in [9.17, 15) is 14.4 Å². The summed E-state index contributed by atoms with van der Waals surface area (Å²) in [5.74, 6) is 0.388. The van der Waals surface area contributed by atoms with Gasteiger partial charge in [0.1, 0.15) is 5.75 Å². The van der Waals surface area contributed by atoms with Crippen LogP contribution in [0.2, 0.25) is 0 Å². The monoisotopic (exact) mass is 622 g/mol. The van der Waals surface area contributed by atoms with Gasteiger partial charge in [-0.05, 0) is 72.9 Å². The van der Waals surface area contributed by atoms with Crippen LogP contribution in [0.5, 0.6) is 5.75 Å². The number of unbranched alkanes of at least 4 members (excludes halogenated alkanes) is 2. The second-order valence-electron chi connectivity index (χ2n) is 11.4. The minimum absolute atomic E-state index is 0.0952. The van der Waals surface area contributed by atoms with Crippen LogP contribution in [0.1, 0.15) is 103 Å². The first-order valence-corrected chi connectivity index (χ1v) is 17.1. The largest absolute Gasteiger partial charge is 0.426 e. The number of esters is 1. The van der Waals surface area contributed by atoms with Crippen LogP contribution in [0.4, 0.5) is 0 Å². The highest BCUT2D eigenvalue weighted by Crippen LogP contribution is 2.41. The zero-order valence-corrected chi connectivity index (χ0v) is 27.4. The van der Waals surface area contributed by atoms with E-state index in [4.69, 9.17) is 4.74 Å². The summed E-state index contributed by atoms with van der Waals surface area (Å²) < 4.78 is 5.68. The Bertz CT molecular complexity index is 1660. The Morgan fingerprint density at radius 1 is 0.705 bits per heavy atom. The molecule has 6 heteroatoms. The summed E-state index contributed by atoms with van der Waals surface area (Å²) in [6.45, 7) is 8.50. The van der Waals surface area contributed by atoms with Crippen molar-refractivity contribution in [3.8, 4) is 5.75 Å². The number of ketones is 2. The van der Waals surface area contributed by atoms with E-state index in [1.54, 1.807) is 24.3 Å². The van der Waals surface area contributed by atoms with Gasteiger partial charge in [-0.15, -0.1) is 0 Å². The molecule has 0 N–H and O–H groups in total. The fraction of sp³-hybridized carbons (Fsp3) is 0.289. The molecule has 0 saturated heterocycles. The molecule has 4 aromatic rings. The van der Waals surface area contributed by atoms with Gasteiger partial charge >= 0.3 is 5.97 Å². The summed E-state index contributed by atoms with van der Waals surface area (Å²) in [6.07, 6.45) is 4.87. The molecule has 1 aliphatic carbocycles. The lowest BCUT2D eigenvalue weighted by Gasteiger charge is -2.22. The van der Waals surface area contributed by atoms with Crippen LogP contribution in [0.25, 0.3) is 0 Å². The maximum Gasteiger partial charge on any atom is 0.314 e. The number of hydrogen-bond acceptors (Lipinski definition) is 6. The standard InChI is InChI=1S/C38H38O4S2/c1-5-7-8-11-25(6-2)38(41)42-27-18-22-29(23-19-27)44-33-15-10-13-31-35(33)37(40)30-12-9-14-32(34(30)36(31)39)43-28-20-16-26(17-21-28)24(3)4/h9-10,12-25H,5-8,11H2,1-4H3. The molecule has 4 nitrogen and oxygen atoms in total. The van der Waals surface area contributed by atoms with Crippen LogP contribution in [-0.2, 0) is 4.79 Å². The number of hydrogen-bond donors (Lipinski definition) is 0. The van der Waals surface area contributed by atoms with Gasteiger partial charge in [-0.2, -0.15) is 0 Å². The third-order valence-electron chi connectivity index (χ3n) is 8.02. The van der Waals surface area contributed by atoms with Crippen molar-refractivity contribution in [1.82, 2.24) is 0 Å². The number of ether oxygens (including phenoxy) is 1. The summed E-state index contributed by atoms with van der Waals surface area (Å²) in [5.41, 5.74) is 3.03. The van der Waals surface area contributed by atoms with Crippen LogP contribution >= 0.6 is 23.5 Å². The second kappa shape index (κ2) is 14.4. The van der Waals surface area contributed by atoms with E-state index in [2.05, 4.69) is 45.0 Å². The molecular weight excluding hydrogens is 585 g/mol. The molecule has 0 radical (unpaired) electrons. The highest BCUT2D eigenvalue weighted by Gasteiger charge is 2.33. The van der Waals surface area contributed by atoms with Crippen molar-refractivity contribution in [2.24, 2.45) is 5.92 Å². The Kier molecular flexibility index (Phi) is 10.4. The van der Waals surface area contributed by atoms with Gasteiger partial charge in [0, 0.05) is 41.8 Å². The van der Waals surface area contributed by atoms with Crippen LogP contribution < -0.4 is 4.74 Å². The molecule has 1 unspecified atom stereocenters. The Morgan fingerprint density at radius 3 is 1.70 bits per heavy atom. The molecule has 5 rings (SSSR count). The summed E-state index contributed by atoms with van der Waals surface area (Å²) in [4.78, 5) is 43.9. The highest BCUT2D eigenvalue weighted by atomic mass is 32.2. The van der Waals surface area contributed by atoms with E-state index in [0.29, 0.717) is 33.9 Å². The lowest BCUT2D eigenvalue weighted by Crippen LogP contribution is -2.22. The number of rotatable bonds is 12. The molecule has 0 aromatic heterocycles. The van der Waals surface area contributed by atoms with E-state index in [-0.39, 0.29) is 23.5 Å².